The van der Waals surface area contributed by atoms with E-state index in [0.717, 1.165) is 10.7 Å². The average molecular weight is 356 g/mol. The van der Waals surface area contributed by atoms with Crippen LogP contribution in [0.25, 0.3) is 10.3 Å². The van der Waals surface area contributed by atoms with Crippen molar-refractivity contribution in [1.82, 2.24) is 25.3 Å². The van der Waals surface area contributed by atoms with E-state index in [1.165, 1.54) is 11.3 Å². The zero-order valence-corrected chi connectivity index (χ0v) is 15.4. The predicted octanol–water partition coefficient (Wildman–Crippen LogP) is 3.10. The molecule has 1 atom stereocenters. The summed E-state index contributed by atoms with van der Waals surface area (Å²) in [6.45, 7) is 7.68. The molecule has 8 heteroatoms. The third-order valence-electron chi connectivity index (χ3n) is 3.47. The molecule has 3 aromatic rings. The number of anilines is 1. The number of carbonyl (C=O) groups excluding carboxylic acids is 1. The number of rotatable bonds is 5. The summed E-state index contributed by atoms with van der Waals surface area (Å²) in [7, 11) is 0. The van der Waals surface area contributed by atoms with Gasteiger partial charge in [0.15, 0.2) is 11.3 Å². The summed E-state index contributed by atoms with van der Waals surface area (Å²) in [5, 5.41) is 6.94. The molecule has 0 aliphatic carbocycles. The molecule has 2 N–H and O–H groups in total. The van der Waals surface area contributed by atoms with Gasteiger partial charge in [-0.1, -0.05) is 6.07 Å². The summed E-state index contributed by atoms with van der Waals surface area (Å²) in [5.74, 6) is 0.143. The molecule has 0 saturated carbocycles. The molecular formula is C17H20N6OS. The fourth-order valence-electron chi connectivity index (χ4n) is 2.38. The van der Waals surface area contributed by atoms with Crippen LogP contribution in [0.3, 0.4) is 0 Å². The Morgan fingerprint density at radius 1 is 1.16 bits per heavy atom. The van der Waals surface area contributed by atoms with E-state index in [4.69, 9.17) is 0 Å². The van der Waals surface area contributed by atoms with Crippen molar-refractivity contribution in [1.29, 1.82) is 0 Å². The number of aryl methyl sites for hydroxylation is 1. The highest BCUT2D eigenvalue weighted by molar-refractivity contribution is 7.18. The van der Waals surface area contributed by atoms with Gasteiger partial charge in [0.05, 0.1) is 16.7 Å². The van der Waals surface area contributed by atoms with Gasteiger partial charge < -0.3 is 10.6 Å². The topological polar surface area (TPSA) is 92.7 Å². The van der Waals surface area contributed by atoms with Crippen molar-refractivity contribution in [3.63, 3.8) is 0 Å². The SMILES string of the molecule is Cc1nc2nc(NC(C)c3ccccn3)nc(C(=O)NC(C)C)c2s1. The molecule has 1 unspecified atom stereocenters. The van der Waals surface area contributed by atoms with Crippen LogP contribution < -0.4 is 10.6 Å². The third kappa shape index (κ3) is 3.90. The average Bonchev–Trinajstić information content (AvgIpc) is 2.94. The molecule has 3 rings (SSSR count). The predicted molar refractivity (Wildman–Crippen MR) is 98.8 cm³/mol. The van der Waals surface area contributed by atoms with Crippen LogP contribution in [0.2, 0.25) is 0 Å². The van der Waals surface area contributed by atoms with Crippen LogP contribution in [0, 0.1) is 6.92 Å². The van der Waals surface area contributed by atoms with E-state index in [1.54, 1.807) is 6.20 Å². The van der Waals surface area contributed by atoms with Gasteiger partial charge in [0, 0.05) is 12.2 Å². The van der Waals surface area contributed by atoms with Gasteiger partial charge in [-0.05, 0) is 39.8 Å². The number of thiazole rings is 1. The van der Waals surface area contributed by atoms with E-state index >= 15 is 0 Å². The van der Waals surface area contributed by atoms with Crippen molar-refractivity contribution < 1.29 is 4.79 Å². The maximum absolute atomic E-state index is 12.5. The van der Waals surface area contributed by atoms with Crippen LogP contribution >= 0.6 is 11.3 Å². The Morgan fingerprint density at radius 3 is 2.64 bits per heavy atom. The van der Waals surface area contributed by atoms with E-state index in [2.05, 4.69) is 30.6 Å². The molecule has 7 nitrogen and oxygen atoms in total. The van der Waals surface area contributed by atoms with Crippen LogP contribution in [0.1, 0.15) is 48.0 Å². The van der Waals surface area contributed by atoms with Crippen molar-refractivity contribution in [2.24, 2.45) is 0 Å². The minimum atomic E-state index is -0.223. The third-order valence-corrected chi connectivity index (χ3v) is 4.44. The van der Waals surface area contributed by atoms with Crippen molar-refractivity contribution in [2.75, 3.05) is 5.32 Å². The van der Waals surface area contributed by atoms with E-state index < -0.39 is 0 Å². The van der Waals surface area contributed by atoms with Gasteiger partial charge in [-0.15, -0.1) is 11.3 Å². The van der Waals surface area contributed by atoms with Crippen LogP contribution in [0.15, 0.2) is 24.4 Å². The number of fused-ring (bicyclic) bond motifs is 1. The van der Waals surface area contributed by atoms with Crippen molar-refractivity contribution in [3.8, 4) is 0 Å². The Hall–Kier alpha value is -2.61. The number of aromatic nitrogens is 4. The zero-order chi connectivity index (χ0) is 18.0. The molecule has 0 bridgehead atoms. The van der Waals surface area contributed by atoms with Crippen LogP contribution in [0.4, 0.5) is 5.95 Å². The minimum Gasteiger partial charge on any atom is -0.348 e. The Balaban J connectivity index is 1.97. The number of nitrogens with one attached hydrogen (secondary N) is 2. The lowest BCUT2D eigenvalue weighted by Gasteiger charge is -2.14. The van der Waals surface area contributed by atoms with Crippen LogP contribution in [-0.4, -0.2) is 31.9 Å². The molecule has 0 spiro atoms. The first kappa shape index (κ1) is 17.2. The summed E-state index contributed by atoms with van der Waals surface area (Å²) in [5.41, 5.74) is 1.75. The second-order valence-corrected chi connectivity index (χ2v) is 7.23. The molecule has 0 aliphatic heterocycles. The maximum Gasteiger partial charge on any atom is 0.271 e. The first-order valence-corrected chi connectivity index (χ1v) is 8.89. The number of nitrogens with zero attached hydrogens (tertiary/aromatic N) is 4. The quantitative estimate of drug-likeness (QED) is 0.730. The van der Waals surface area contributed by atoms with Crippen molar-refractivity contribution in [3.05, 3.63) is 40.8 Å². The molecule has 1 amide bonds. The van der Waals surface area contributed by atoms with Gasteiger partial charge in [0.25, 0.3) is 5.91 Å². The monoisotopic (exact) mass is 356 g/mol. The van der Waals surface area contributed by atoms with E-state index in [0.29, 0.717) is 22.0 Å². The number of amides is 1. The number of carbonyl (C=O) groups is 1. The number of pyridine rings is 1. The van der Waals surface area contributed by atoms with E-state index in [-0.39, 0.29) is 18.0 Å². The van der Waals surface area contributed by atoms with Gasteiger partial charge in [0.1, 0.15) is 4.70 Å². The molecule has 130 valence electrons. The van der Waals surface area contributed by atoms with Gasteiger partial charge in [-0.3, -0.25) is 9.78 Å². The standard InChI is InChI=1S/C17H20N6OS/c1-9(2)19-16(24)13-14-15(21-11(4)25-14)23-17(22-13)20-10(3)12-7-5-6-8-18-12/h5-10H,1-4H3,(H,19,24)(H,20,22,23). The van der Waals surface area contributed by atoms with E-state index in [1.807, 2.05) is 45.9 Å². The van der Waals surface area contributed by atoms with Crippen LogP contribution in [-0.2, 0) is 0 Å². The molecule has 0 radical (unpaired) electrons. The lowest BCUT2D eigenvalue weighted by molar-refractivity contribution is 0.0940. The lowest BCUT2D eigenvalue weighted by atomic mass is 10.2. The van der Waals surface area contributed by atoms with E-state index in [9.17, 15) is 4.79 Å². The minimum absolute atomic E-state index is 0.0235. The normalized spacial score (nSPS) is 12.4. The second-order valence-electron chi connectivity index (χ2n) is 6.03. The fourth-order valence-corrected chi connectivity index (χ4v) is 3.22. The zero-order valence-electron chi connectivity index (χ0n) is 14.6. The molecule has 3 heterocycles. The lowest BCUT2D eigenvalue weighted by Crippen LogP contribution is -2.31. The largest absolute Gasteiger partial charge is 0.348 e. The van der Waals surface area contributed by atoms with Gasteiger partial charge in [0.2, 0.25) is 5.95 Å². The molecule has 0 fully saturated rings. The van der Waals surface area contributed by atoms with Crippen LogP contribution in [0.5, 0.6) is 0 Å². The Labute approximate surface area is 150 Å². The summed E-state index contributed by atoms with van der Waals surface area (Å²) < 4.78 is 0.701. The molecule has 0 saturated heterocycles. The molecule has 0 aromatic carbocycles. The Kier molecular flexibility index (Phi) is 4.89. The first-order chi connectivity index (χ1) is 11.9. The summed E-state index contributed by atoms with van der Waals surface area (Å²) in [4.78, 5) is 30.2. The highest BCUT2D eigenvalue weighted by Gasteiger charge is 2.19. The smallest absolute Gasteiger partial charge is 0.271 e. The second kappa shape index (κ2) is 7.10. The highest BCUT2D eigenvalue weighted by atomic mass is 32.1. The summed E-state index contributed by atoms with van der Waals surface area (Å²) in [6, 6.07) is 5.64. The van der Waals surface area contributed by atoms with Gasteiger partial charge in [-0.25, -0.2) is 9.97 Å². The number of hydrogen-bond acceptors (Lipinski definition) is 7. The number of hydrogen-bond donors (Lipinski definition) is 2. The van der Waals surface area contributed by atoms with Gasteiger partial charge >= 0.3 is 0 Å². The maximum atomic E-state index is 12.5. The molecule has 0 aliphatic rings. The van der Waals surface area contributed by atoms with Crippen molar-refractivity contribution in [2.45, 2.75) is 39.8 Å². The summed E-state index contributed by atoms with van der Waals surface area (Å²) >= 11 is 1.42. The highest BCUT2D eigenvalue weighted by Crippen LogP contribution is 2.25. The Bertz CT molecular complexity index is 893. The van der Waals surface area contributed by atoms with Gasteiger partial charge in [-0.2, -0.15) is 4.98 Å². The molecular weight excluding hydrogens is 336 g/mol. The molecule has 3 aromatic heterocycles. The summed E-state index contributed by atoms with van der Waals surface area (Å²) in [6.07, 6.45) is 1.74. The first-order valence-electron chi connectivity index (χ1n) is 8.07. The Morgan fingerprint density at radius 2 is 1.96 bits per heavy atom. The van der Waals surface area contributed by atoms with Crippen molar-refractivity contribution >= 4 is 33.5 Å². The molecule has 25 heavy (non-hydrogen) atoms. The fraction of sp³-hybridized carbons (Fsp3) is 0.353.